The summed E-state index contributed by atoms with van der Waals surface area (Å²) in [5.74, 6) is 0. The van der Waals surface area contributed by atoms with Crippen LogP contribution in [0.15, 0.2) is 0 Å². The van der Waals surface area contributed by atoms with Crippen LogP contribution in [0.3, 0.4) is 0 Å². The fraction of sp³-hybridized carbons (Fsp3) is 0.917. The second-order valence-electron chi connectivity index (χ2n) is 3.99. The lowest BCUT2D eigenvalue weighted by Gasteiger charge is -2.07. The molecule has 0 aliphatic rings. The van der Waals surface area contributed by atoms with Crippen LogP contribution in [0, 0.1) is 11.3 Å². The normalized spacial score (nSPS) is 10.5. The number of nitriles is 1. The van der Waals surface area contributed by atoms with Gasteiger partial charge in [0.25, 0.3) is 0 Å². The lowest BCUT2D eigenvalue weighted by atomic mass is 10.2. The van der Waals surface area contributed by atoms with Crippen molar-refractivity contribution in [2.45, 2.75) is 52.1 Å². The maximum Gasteiger partial charge on any atom is 0.0621 e. The van der Waals surface area contributed by atoms with Crippen LogP contribution in [0.1, 0.15) is 46.0 Å². The Kier molecular flexibility index (Phi) is 11.0. The van der Waals surface area contributed by atoms with Crippen molar-refractivity contribution >= 4 is 0 Å². The molecule has 0 saturated carbocycles. The minimum Gasteiger partial charge on any atom is -0.379 e. The van der Waals surface area contributed by atoms with Crippen LogP contribution < -0.4 is 5.32 Å². The molecule has 0 aromatic carbocycles. The smallest absolute Gasteiger partial charge is 0.0621 e. The summed E-state index contributed by atoms with van der Waals surface area (Å²) >= 11 is 0. The summed E-state index contributed by atoms with van der Waals surface area (Å²) in [6.07, 6.45) is 5.46. The summed E-state index contributed by atoms with van der Waals surface area (Å²) < 4.78 is 5.44. The maximum atomic E-state index is 8.33. The molecule has 3 heteroatoms. The first-order valence-corrected chi connectivity index (χ1v) is 5.96. The zero-order chi connectivity index (χ0) is 11.4. The van der Waals surface area contributed by atoms with E-state index in [-0.39, 0.29) is 0 Å². The average Bonchev–Trinajstić information content (AvgIpc) is 2.20. The molecule has 0 spiro atoms. The lowest BCUT2D eigenvalue weighted by Crippen LogP contribution is -2.17. The van der Waals surface area contributed by atoms with Crippen LogP contribution >= 0.6 is 0 Å². The van der Waals surface area contributed by atoms with Gasteiger partial charge >= 0.3 is 0 Å². The molecule has 0 unspecified atom stereocenters. The Hall–Kier alpha value is -0.590. The van der Waals surface area contributed by atoms with Gasteiger partial charge in [0.2, 0.25) is 0 Å². The zero-order valence-electron chi connectivity index (χ0n) is 10.1. The van der Waals surface area contributed by atoms with E-state index in [1.165, 1.54) is 6.42 Å². The van der Waals surface area contributed by atoms with Crippen LogP contribution in [0.5, 0.6) is 0 Å². The molecule has 0 aliphatic carbocycles. The van der Waals surface area contributed by atoms with Gasteiger partial charge in [0.05, 0.1) is 12.2 Å². The Morgan fingerprint density at radius 2 is 1.80 bits per heavy atom. The first-order valence-electron chi connectivity index (χ1n) is 5.96. The highest BCUT2D eigenvalue weighted by atomic mass is 16.5. The summed E-state index contributed by atoms with van der Waals surface area (Å²) in [5.41, 5.74) is 0. The zero-order valence-corrected chi connectivity index (χ0v) is 10.1. The van der Waals surface area contributed by atoms with Gasteiger partial charge < -0.3 is 10.1 Å². The molecule has 0 amide bonds. The van der Waals surface area contributed by atoms with Crippen molar-refractivity contribution in [1.82, 2.24) is 5.32 Å². The van der Waals surface area contributed by atoms with Gasteiger partial charge in [0.15, 0.2) is 0 Å². The van der Waals surface area contributed by atoms with Gasteiger partial charge in [-0.3, -0.25) is 0 Å². The van der Waals surface area contributed by atoms with Gasteiger partial charge in [-0.15, -0.1) is 0 Å². The Morgan fingerprint density at radius 1 is 1.13 bits per heavy atom. The fourth-order valence-electron chi connectivity index (χ4n) is 1.25. The van der Waals surface area contributed by atoms with Crippen LogP contribution in [0.4, 0.5) is 0 Å². The van der Waals surface area contributed by atoms with Crippen LogP contribution in [0.2, 0.25) is 0 Å². The lowest BCUT2D eigenvalue weighted by molar-refractivity contribution is 0.0760. The maximum absolute atomic E-state index is 8.33. The van der Waals surface area contributed by atoms with Crippen LogP contribution in [0.25, 0.3) is 0 Å². The largest absolute Gasteiger partial charge is 0.379 e. The monoisotopic (exact) mass is 212 g/mol. The quantitative estimate of drug-likeness (QED) is 0.566. The number of rotatable bonds is 10. The van der Waals surface area contributed by atoms with E-state index in [1.807, 2.05) is 0 Å². The van der Waals surface area contributed by atoms with Crippen molar-refractivity contribution in [3.05, 3.63) is 0 Å². The van der Waals surface area contributed by atoms with Crippen LogP contribution in [-0.2, 0) is 4.74 Å². The molecule has 0 bridgehead atoms. The molecule has 0 atom stereocenters. The molecule has 0 heterocycles. The first-order chi connectivity index (χ1) is 7.27. The molecule has 0 rings (SSSR count). The predicted octanol–water partition coefficient (Wildman–Crippen LogP) is 2.48. The molecule has 15 heavy (non-hydrogen) atoms. The summed E-state index contributed by atoms with van der Waals surface area (Å²) in [6, 6.07) is 2.15. The summed E-state index contributed by atoms with van der Waals surface area (Å²) in [5, 5.41) is 11.7. The second kappa shape index (κ2) is 11.5. The van der Waals surface area contributed by atoms with E-state index >= 15 is 0 Å². The van der Waals surface area contributed by atoms with Crippen molar-refractivity contribution in [2.75, 3.05) is 19.7 Å². The van der Waals surface area contributed by atoms with Gasteiger partial charge in [-0.1, -0.05) is 0 Å². The molecule has 3 nitrogen and oxygen atoms in total. The molecule has 0 saturated heterocycles. The van der Waals surface area contributed by atoms with E-state index in [0.29, 0.717) is 12.5 Å². The molecular formula is C12H24N2O. The van der Waals surface area contributed by atoms with Crippen molar-refractivity contribution in [3.8, 4) is 6.07 Å². The highest BCUT2D eigenvalue weighted by Crippen LogP contribution is 1.94. The number of ether oxygens (including phenoxy) is 1. The van der Waals surface area contributed by atoms with Crippen LogP contribution in [-0.4, -0.2) is 25.8 Å². The molecule has 0 aliphatic heterocycles. The topological polar surface area (TPSA) is 45.0 Å². The fourth-order valence-corrected chi connectivity index (χ4v) is 1.25. The minimum absolute atomic E-state index is 0.351. The molecule has 0 fully saturated rings. The van der Waals surface area contributed by atoms with E-state index in [1.54, 1.807) is 0 Å². The molecule has 88 valence electrons. The number of hydrogen-bond donors (Lipinski definition) is 1. The third-order valence-corrected chi connectivity index (χ3v) is 2.09. The van der Waals surface area contributed by atoms with Gasteiger partial charge in [0.1, 0.15) is 0 Å². The Labute approximate surface area is 93.8 Å². The van der Waals surface area contributed by atoms with Crippen molar-refractivity contribution in [1.29, 1.82) is 5.26 Å². The van der Waals surface area contributed by atoms with E-state index in [4.69, 9.17) is 10.00 Å². The molecule has 0 aromatic rings. The second-order valence-corrected chi connectivity index (χ2v) is 3.99. The number of nitrogens with zero attached hydrogens (tertiary/aromatic N) is 1. The Balaban J connectivity index is 2.90. The van der Waals surface area contributed by atoms with Gasteiger partial charge in [-0.2, -0.15) is 5.26 Å². The Bertz CT molecular complexity index is 163. The number of unbranched alkanes of at least 4 members (excludes halogenated alkanes) is 3. The average molecular weight is 212 g/mol. The minimum atomic E-state index is 0.351. The highest BCUT2D eigenvalue weighted by molar-refractivity contribution is 4.68. The third kappa shape index (κ3) is 13.4. The number of hydrogen-bond acceptors (Lipinski definition) is 3. The van der Waals surface area contributed by atoms with Gasteiger partial charge in [-0.25, -0.2) is 0 Å². The molecule has 1 N–H and O–H groups in total. The van der Waals surface area contributed by atoms with Crippen molar-refractivity contribution in [2.24, 2.45) is 0 Å². The standard InChI is InChI=1S/C12H24N2O/c1-12(2)15-11-7-6-10-14-9-5-3-4-8-13/h12,14H,3-7,9-11H2,1-2H3. The third-order valence-electron chi connectivity index (χ3n) is 2.09. The van der Waals surface area contributed by atoms with E-state index < -0.39 is 0 Å². The van der Waals surface area contributed by atoms with E-state index in [9.17, 15) is 0 Å². The first kappa shape index (κ1) is 14.4. The SMILES string of the molecule is CC(C)OCCCCNCCCCC#N. The van der Waals surface area contributed by atoms with E-state index in [2.05, 4.69) is 25.2 Å². The highest BCUT2D eigenvalue weighted by Gasteiger charge is 1.93. The summed E-state index contributed by atoms with van der Waals surface area (Å²) in [4.78, 5) is 0. The van der Waals surface area contributed by atoms with Gasteiger partial charge in [0, 0.05) is 13.0 Å². The molecule has 0 aromatic heterocycles. The van der Waals surface area contributed by atoms with Crippen molar-refractivity contribution in [3.63, 3.8) is 0 Å². The van der Waals surface area contributed by atoms with Gasteiger partial charge in [-0.05, 0) is 52.6 Å². The summed E-state index contributed by atoms with van der Waals surface area (Å²) in [7, 11) is 0. The number of nitrogens with one attached hydrogen (secondary N) is 1. The molecule has 0 radical (unpaired) electrons. The van der Waals surface area contributed by atoms with Crippen molar-refractivity contribution < 1.29 is 4.74 Å². The summed E-state index contributed by atoms with van der Waals surface area (Å²) in [6.45, 7) is 7.09. The predicted molar refractivity (Wildman–Crippen MR) is 62.7 cm³/mol. The Morgan fingerprint density at radius 3 is 2.40 bits per heavy atom. The molecular weight excluding hydrogens is 188 g/mol. The van der Waals surface area contributed by atoms with E-state index in [0.717, 1.165) is 39.0 Å².